The van der Waals surface area contributed by atoms with Gasteiger partial charge in [0.1, 0.15) is 0 Å². The van der Waals surface area contributed by atoms with Gasteiger partial charge in [0.25, 0.3) is 6.43 Å². The topological polar surface area (TPSA) is 36.7 Å². The van der Waals surface area contributed by atoms with Crippen LogP contribution in [0.15, 0.2) is 16.9 Å². The van der Waals surface area contributed by atoms with Crippen molar-refractivity contribution in [2.45, 2.75) is 12.8 Å². The van der Waals surface area contributed by atoms with Crippen molar-refractivity contribution in [1.82, 2.24) is 4.98 Å². The molecule has 0 fully saturated rings. The maximum atomic E-state index is 12.4. The third-order valence-corrected chi connectivity index (χ3v) is 2.14. The number of nitrogens with zero attached hydrogens (tertiary/aromatic N) is 2. The van der Waals surface area contributed by atoms with E-state index in [1.807, 2.05) is 6.07 Å². The largest absolute Gasteiger partial charge is 0.265 e. The van der Waals surface area contributed by atoms with E-state index in [1.165, 1.54) is 12.4 Å². The van der Waals surface area contributed by atoms with Gasteiger partial charge >= 0.3 is 0 Å². The van der Waals surface area contributed by atoms with Crippen LogP contribution in [0.1, 0.15) is 17.6 Å². The Labute approximate surface area is 82.3 Å². The molecule has 1 aromatic rings. The fourth-order valence-corrected chi connectivity index (χ4v) is 1.50. The maximum Gasteiger partial charge on any atom is 0.265 e. The molecule has 0 aliphatic rings. The number of pyridine rings is 1. The number of alkyl halides is 2. The number of hydrogen-bond donors (Lipinski definition) is 0. The number of nitriles is 1. The molecule has 0 unspecified atom stereocenters. The lowest BCUT2D eigenvalue weighted by atomic mass is 10.1. The lowest BCUT2D eigenvalue weighted by Crippen LogP contribution is -1.96. The van der Waals surface area contributed by atoms with Gasteiger partial charge in [0, 0.05) is 22.4 Å². The van der Waals surface area contributed by atoms with Crippen LogP contribution in [0.4, 0.5) is 8.78 Å². The third-order valence-electron chi connectivity index (χ3n) is 1.51. The van der Waals surface area contributed by atoms with E-state index in [0.29, 0.717) is 0 Å². The van der Waals surface area contributed by atoms with E-state index in [1.54, 1.807) is 0 Å². The number of hydrogen-bond acceptors (Lipinski definition) is 2. The molecule has 0 aliphatic carbocycles. The van der Waals surface area contributed by atoms with E-state index in [9.17, 15) is 8.78 Å². The summed E-state index contributed by atoms with van der Waals surface area (Å²) in [6.07, 6.45) is -0.0510. The van der Waals surface area contributed by atoms with Crippen molar-refractivity contribution in [2.24, 2.45) is 0 Å². The van der Waals surface area contributed by atoms with Gasteiger partial charge in [0.15, 0.2) is 0 Å². The van der Waals surface area contributed by atoms with Gasteiger partial charge in [-0.1, -0.05) is 0 Å². The van der Waals surface area contributed by atoms with Crippen LogP contribution in [0, 0.1) is 11.3 Å². The molecule has 1 aromatic heterocycles. The normalized spacial score (nSPS) is 10.1. The van der Waals surface area contributed by atoms with E-state index < -0.39 is 6.43 Å². The highest BCUT2D eigenvalue weighted by Gasteiger charge is 2.16. The van der Waals surface area contributed by atoms with Crippen molar-refractivity contribution in [2.75, 3.05) is 0 Å². The van der Waals surface area contributed by atoms with E-state index in [-0.39, 0.29) is 22.0 Å². The van der Waals surface area contributed by atoms with Crippen LogP contribution in [0.25, 0.3) is 0 Å². The average Bonchev–Trinajstić information content (AvgIpc) is 2.04. The van der Waals surface area contributed by atoms with Crippen LogP contribution in [-0.2, 0) is 6.42 Å². The molecule has 5 heteroatoms. The summed E-state index contributed by atoms with van der Waals surface area (Å²) >= 11 is 2.97. The second-order valence-corrected chi connectivity index (χ2v) is 3.18. The molecule has 1 rings (SSSR count). The molecule has 0 aromatic carbocycles. The first-order valence-corrected chi connectivity index (χ1v) is 4.23. The second-order valence-electron chi connectivity index (χ2n) is 2.33. The molecular weight excluding hydrogens is 242 g/mol. The second kappa shape index (κ2) is 4.28. The Morgan fingerprint density at radius 3 is 2.77 bits per heavy atom. The highest BCUT2D eigenvalue weighted by molar-refractivity contribution is 9.10. The zero-order valence-corrected chi connectivity index (χ0v) is 8.05. The fourth-order valence-electron chi connectivity index (χ4n) is 0.956. The lowest BCUT2D eigenvalue weighted by molar-refractivity contribution is 0.149. The quantitative estimate of drug-likeness (QED) is 0.805. The molecule has 0 amide bonds. The Balaban J connectivity index is 3.19. The van der Waals surface area contributed by atoms with Gasteiger partial charge in [0.05, 0.1) is 12.5 Å². The standard InChI is InChI=1S/C8H5BrF2N2/c9-6-4-13-3-5(1-2-12)7(6)8(10)11/h3-4,8H,1H2. The highest BCUT2D eigenvalue weighted by atomic mass is 79.9. The molecule has 0 radical (unpaired) electrons. The van der Waals surface area contributed by atoms with Gasteiger partial charge in [-0.05, 0) is 21.5 Å². The van der Waals surface area contributed by atoms with Crippen molar-refractivity contribution in [3.8, 4) is 6.07 Å². The molecule has 0 bridgehead atoms. The lowest BCUT2D eigenvalue weighted by Gasteiger charge is -2.06. The summed E-state index contributed by atoms with van der Waals surface area (Å²) in [5, 5.41) is 8.38. The molecule has 0 atom stereocenters. The van der Waals surface area contributed by atoms with E-state index in [0.717, 1.165) is 0 Å². The van der Waals surface area contributed by atoms with Gasteiger partial charge in [-0.2, -0.15) is 5.26 Å². The Bertz CT molecular complexity index is 346. The van der Waals surface area contributed by atoms with Gasteiger partial charge in [-0.15, -0.1) is 0 Å². The molecule has 0 N–H and O–H groups in total. The Kier molecular flexibility index (Phi) is 3.32. The van der Waals surface area contributed by atoms with Gasteiger partial charge in [0.2, 0.25) is 0 Å². The van der Waals surface area contributed by atoms with Crippen molar-refractivity contribution in [1.29, 1.82) is 5.26 Å². The number of aromatic nitrogens is 1. The maximum absolute atomic E-state index is 12.4. The minimum atomic E-state index is -2.58. The zero-order chi connectivity index (χ0) is 9.84. The fraction of sp³-hybridized carbons (Fsp3) is 0.250. The van der Waals surface area contributed by atoms with E-state index >= 15 is 0 Å². The molecule has 13 heavy (non-hydrogen) atoms. The molecule has 0 aliphatic heterocycles. The smallest absolute Gasteiger partial charge is 0.263 e. The summed E-state index contributed by atoms with van der Waals surface area (Å²) in [4.78, 5) is 3.71. The Morgan fingerprint density at radius 1 is 1.54 bits per heavy atom. The summed E-state index contributed by atoms with van der Waals surface area (Å²) in [5.41, 5.74) is 0.128. The van der Waals surface area contributed by atoms with Crippen LogP contribution in [0.2, 0.25) is 0 Å². The minimum absolute atomic E-state index is 0.0495. The SMILES string of the molecule is N#CCc1cncc(Br)c1C(F)F. The molecule has 2 nitrogen and oxygen atoms in total. The average molecular weight is 247 g/mol. The van der Waals surface area contributed by atoms with Crippen LogP contribution in [0.5, 0.6) is 0 Å². The Morgan fingerprint density at radius 2 is 2.23 bits per heavy atom. The molecular formula is C8H5BrF2N2. The van der Waals surface area contributed by atoms with Crippen molar-refractivity contribution < 1.29 is 8.78 Å². The van der Waals surface area contributed by atoms with Crippen molar-refractivity contribution >= 4 is 15.9 Å². The summed E-state index contributed by atoms with van der Waals surface area (Å²) in [5.74, 6) is 0. The van der Waals surface area contributed by atoms with Gasteiger partial charge < -0.3 is 0 Å². The first kappa shape index (κ1) is 10.1. The third kappa shape index (κ3) is 2.22. The van der Waals surface area contributed by atoms with E-state index in [2.05, 4.69) is 20.9 Å². The monoisotopic (exact) mass is 246 g/mol. The number of halogens is 3. The number of rotatable bonds is 2. The first-order valence-electron chi connectivity index (χ1n) is 3.44. The highest BCUT2D eigenvalue weighted by Crippen LogP contribution is 2.29. The summed E-state index contributed by atoms with van der Waals surface area (Å²) < 4.78 is 25.1. The molecule has 0 saturated heterocycles. The van der Waals surface area contributed by atoms with Crippen molar-refractivity contribution in [3.05, 3.63) is 28.0 Å². The molecule has 0 saturated carbocycles. The summed E-state index contributed by atoms with van der Waals surface area (Å²) in [7, 11) is 0. The first-order chi connectivity index (χ1) is 6.16. The Hall–Kier alpha value is -1.02. The summed E-state index contributed by atoms with van der Waals surface area (Å²) in [6, 6.07) is 1.81. The van der Waals surface area contributed by atoms with E-state index in [4.69, 9.17) is 5.26 Å². The minimum Gasteiger partial charge on any atom is -0.263 e. The van der Waals surface area contributed by atoms with Gasteiger partial charge in [-0.25, -0.2) is 8.78 Å². The van der Waals surface area contributed by atoms with Gasteiger partial charge in [-0.3, -0.25) is 4.98 Å². The molecule has 68 valence electrons. The molecule has 0 spiro atoms. The molecule has 1 heterocycles. The zero-order valence-electron chi connectivity index (χ0n) is 6.47. The summed E-state index contributed by atoms with van der Waals surface area (Å²) in [6.45, 7) is 0. The van der Waals surface area contributed by atoms with Crippen LogP contribution >= 0.6 is 15.9 Å². The van der Waals surface area contributed by atoms with Crippen LogP contribution < -0.4 is 0 Å². The van der Waals surface area contributed by atoms with Crippen molar-refractivity contribution in [3.63, 3.8) is 0 Å². The van der Waals surface area contributed by atoms with Crippen LogP contribution in [-0.4, -0.2) is 4.98 Å². The predicted molar refractivity (Wildman–Crippen MR) is 46.2 cm³/mol. The van der Waals surface area contributed by atoms with Crippen LogP contribution in [0.3, 0.4) is 0 Å². The predicted octanol–water partition coefficient (Wildman–Crippen LogP) is 2.85.